The lowest BCUT2D eigenvalue weighted by Crippen LogP contribution is -2.20. The molecule has 134 valence electrons. The van der Waals surface area contributed by atoms with Crippen molar-refractivity contribution in [2.24, 2.45) is 0 Å². The van der Waals surface area contributed by atoms with Gasteiger partial charge in [-0.25, -0.2) is 9.67 Å². The van der Waals surface area contributed by atoms with Crippen LogP contribution in [0.5, 0.6) is 0 Å². The fourth-order valence-electron chi connectivity index (χ4n) is 3.19. The molecule has 0 bridgehead atoms. The molecule has 1 aliphatic rings. The quantitative estimate of drug-likeness (QED) is 0.621. The molecule has 2 heterocycles. The molecule has 2 atom stereocenters. The Morgan fingerprint density at radius 3 is 2.50 bits per heavy atom. The highest BCUT2D eigenvalue weighted by Crippen LogP contribution is 2.59. The highest BCUT2D eigenvalue weighted by molar-refractivity contribution is 6.30. The fraction of sp³-hybridized carbons (Fsp3) is 0.222. The standard InChI is InChI=1S/C18H13ClF3N3O/c19-13-7-5-12(6-8-13)17(9-25-11-23-10-24-25)16(26-17)14-3-1-2-4-15(14)18(20,21)22/h1-8,10-11,16H,9H2. The highest BCUT2D eigenvalue weighted by atomic mass is 35.5. The van der Waals surface area contributed by atoms with Crippen LogP contribution >= 0.6 is 11.6 Å². The van der Waals surface area contributed by atoms with Gasteiger partial charge in [-0.2, -0.15) is 18.3 Å². The van der Waals surface area contributed by atoms with Gasteiger partial charge in [-0.1, -0.05) is 41.9 Å². The average Bonchev–Trinajstić information content (AvgIpc) is 3.09. The second kappa shape index (κ2) is 6.10. The SMILES string of the molecule is FC(F)(F)c1ccccc1C1OC1(Cn1cncn1)c1ccc(Cl)cc1. The summed E-state index contributed by atoms with van der Waals surface area (Å²) in [5.41, 5.74) is -0.812. The molecule has 1 saturated heterocycles. The Balaban J connectivity index is 1.77. The predicted octanol–water partition coefficient (Wildman–Crippen LogP) is 4.62. The van der Waals surface area contributed by atoms with E-state index in [1.807, 2.05) is 0 Å². The van der Waals surface area contributed by atoms with Crippen molar-refractivity contribution in [1.82, 2.24) is 14.8 Å². The third-order valence-electron chi connectivity index (χ3n) is 4.44. The van der Waals surface area contributed by atoms with E-state index >= 15 is 0 Å². The molecular formula is C18H13ClF3N3O. The van der Waals surface area contributed by atoms with E-state index in [-0.39, 0.29) is 12.1 Å². The van der Waals surface area contributed by atoms with Crippen LogP contribution in [0.2, 0.25) is 5.02 Å². The van der Waals surface area contributed by atoms with Crippen LogP contribution in [0.4, 0.5) is 13.2 Å². The maximum atomic E-state index is 13.4. The minimum atomic E-state index is -4.46. The molecule has 0 aliphatic carbocycles. The zero-order chi connectivity index (χ0) is 18.4. The first kappa shape index (κ1) is 17.1. The Morgan fingerprint density at radius 1 is 1.12 bits per heavy atom. The van der Waals surface area contributed by atoms with Crippen molar-refractivity contribution in [3.63, 3.8) is 0 Å². The number of rotatable bonds is 4. The van der Waals surface area contributed by atoms with Crippen LogP contribution in [0.1, 0.15) is 22.8 Å². The van der Waals surface area contributed by atoms with Gasteiger partial charge in [-0.3, -0.25) is 0 Å². The molecule has 4 rings (SSSR count). The molecule has 2 aromatic carbocycles. The molecule has 0 saturated carbocycles. The Labute approximate surface area is 152 Å². The molecule has 26 heavy (non-hydrogen) atoms. The smallest absolute Gasteiger partial charge is 0.354 e. The molecule has 0 spiro atoms. The summed E-state index contributed by atoms with van der Waals surface area (Å²) in [5.74, 6) is 0. The maximum Gasteiger partial charge on any atom is 0.416 e. The van der Waals surface area contributed by atoms with E-state index in [2.05, 4.69) is 10.1 Å². The van der Waals surface area contributed by atoms with Crippen molar-refractivity contribution in [1.29, 1.82) is 0 Å². The second-order valence-electron chi connectivity index (χ2n) is 6.07. The number of epoxide rings is 1. The molecule has 3 aromatic rings. The number of nitrogens with zero attached hydrogens (tertiary/aromatic N) is 3. The molecule has 2 unspecified atom stereocenters. The summed E-state index contributed by atoms with van der Waals surface area (Å²) >= 11 is 5.95. The topological polar surface area (TPSA) is 43.2 Å². The van der Waals surface area contributed by atoms with Crippen LogP contribution in [-0.4, -0.2) is 14.8 Å². The van der Waals surface area contributed by atoms with Crippen LogP contribution in [0.15, 0.2) is 61.2 Å². The molecule has 1 fully saturated rings. The summed E-state index contributed by atoms with van der Waals surface area (Å²) in [5, 5.41) is 4.60. The van der Waals surface area contributed by atoms with Crippen molar-refractivity contribution in [2.45, 2.75) is 24.4 Å². The van der Waals surface area contributed by atoms with Crippen LogP contribution in [0.25, 0.3) is 0 Å². The normalized spacial score (nSPS) is 22.4. The van der Waals surface area contributed by atoms with E-state index in [0.29, 0.717) is 5.02 Å². The molecule has 0 radical (unpaired) electrons. The minimum absolute atomic E-state index is 0.107. The third-order valence-corrected chi connectivity index (χ3v) is 4.69. The van der Waals surface area contributed by atoms with Gasteiger partial charge in [-0.05, 0) is 29.3 Å². The summed E-state index contributed by atoms with van der Waals surface area (Å²) in [6.45, 7) is 0.242. The first-order valence-corrected chi connectivity index (χ1v) is 8.20. The number of aromatic nitrogens is 3. The summed E-state index contributed by atoms with van der Waals surface area (Å²) in [4.78, 5) is 3.89. The van der Waals surface area contributed by atoms with Crippen LogP contribution in [-0.2, 0) is 23.1 Å². The Morgan fingerprint density at radius 2 is 1.85 bits per heavy atom. The molecular weight excluding hydrogens is 367 g/mol. The van der Waals surface area contributed by atoms with Gasteiger partial charge in [0.25, 0.3) is 0 Å². The predicted molar refractivity (Wildman–Crippen MR) is 88.4 cm³/mol. The molecule has 0 N–H and O–H groups in total. The van der Waals surface area contributed by atoms with Crippen molar-refractivity contribution < 1.29 is 17.9 Å². The maximum absolute atomic E-state index is 13.4. The van der Waals surface area contributed by atoms with Gasteiger partial charge in [0.15, 0.2) is 0 Å². The summed E-state index contributed by atoms with van der Waals surface area (Å²) in [6.07, 6.45) is -2.32. The fourth-order valence-corrected chi connectivity index (χ4v) is 3.32. The number of benzene rings is 2. The number of hydrogen-bond acceptors (Lipinski definition) is 3. The van der Waals surface area contributed by atoms with Gasteiger partial charge < -0.3 is 4.74 Å². The Hall–Kier alpha value is -2.38. The molecule has 4 nitrogen and oxygen atoms in total. The number of ether oxygens (including phenoxy) is 1. The first-order chi connectivity index (χ1) is 12.4. The van der Waals surface area contributed by atoms with Crippen molar-refractivity contribution in [3.8, 4) is 0 Å². The van der Waals surface area contributed by atoms with Gasteiger partial charge >= 0.3 is 6.18 Å². The molecule has 1 aromatic heterocycles. The molecule has 0 amide bonds. The number of hydrogen-bond donors (Lipinski definition) is 0. The van der Waals surface area contributed by atoms with Gasteiger partial charge in [0.2, 0.25) is 0 Å². The molecule has 1 aliphatic heterocycles. The zero-order valence-electron chi connectivity index (χ0n) is 13.3. The van der Waals surface area contributed by atoms with Gasteiger partial charge in [0.1, 0.15) is 24.4 Å². The number of alkyl halides is 3. The van der Waals surface area contributed by atoms with E-state index in [1.165, 1.54) is 24.8 Å². The van der Waals surface area contributed by atoms with Crippen LogP contribution in [0.3, 0.4) is 0 Å². The average molecular weight is 380 g/mol. The largest absolute Gasteiger partial charge is 0.416 e. The second-order valence-corrected chi connectivity index (χ2v) is 6.51. The van der Waals surface area contributed by atoms with E-state index < -0.39 is 23.4 Å². The summed E-state index contributed by atoms with van der Waals surface area (Å²) in [6, 6.07) is 12.4. The van der Waals surface area contributed by atoms with Crippen LogP contribution < -0.4 is 0 Å². The summed E-state index contributed by atoms with van der Waals surface area (Å²) < 4.78 is 47.7. The lowest BCUT2D eigenvalue weighted by molar-refractivity contribution is -0.138. The van der Waals surface area contributed by atoms with Gasteiger partial charge in [-0.15, -0.1) is 0 Å². The van der Waals surface area contributed by atoms with Crippen molar-refractivity contribution >= 4 is 11.6 Å². The van der Waals surface area contributed by atoms with Gasteiger partial charge in [0, 0.05) is 5.02 Å². The summed E-state index contributed by atoms with van der Waals surface area (Å²) in [7, 11) is 0. The lowest BCUT2D eigenvalue weighted by atomic mass is 9.89. The van der Waals surface area contributed by atoms with Crippen molar-refractivity contribution in [3.05, 3.63) is 82.9 Å². The minimum Gasteiger partial charge on any atom is -0.354 e. The Kier molecular flexibility index (Phi) is 4.00. The van der Waals surface area contributed by atoms with E-state index in [4.69, 9.17) is 16.3 Å². The number of halogens is 4. The Bertz CT molecular complexity index is 912. The molecule has 8 heteroatoms. The highest BCUT2D eigenvalue weighted by Gasteiger charge is 2.60. The monoisotopic (exact) mass is 379 g/mol. The first-order valence-electron chi connectivity index (χ1n) is 7.82. The third kappa shape index (κ3) is 2.97. The van der Waals surface area contributed by atoms with Crippen LogP contribution in [0, 0.1) is 0 Å². The van der Waals surface area contributed by atoms with Gasteiger partial charge in [0.05, 0.1) is 12.1 Å². The van der Waals surface area contributed by atoms with E-state index in [0.717, 1.165) is 11.6 Å². The van der Waals surface area contributed by atoms with E-state index in [1.54, 1.807) is 35.0 Å². The van der Waals surface area contributed by atoms with Crippen molar-refractivity contribution in [2.75, 3.05) is 0 Å². The zero-order valence-corrected chi connectivity index (χ0v) is 14.1. The van der Waals surface area contributed by atoms with E-state index in [9.17, 15) is 13.2 Å². The lowest BCUT2D eigenvalue weighted by Gasteiger charge is -2.16.